The average Bonchev–Trinajstić information content (AvgIpc) is 2.96. The fourth-order valence-corrected chi connectivity index (χ4v) is 2.78. The Kier molecular flexibility index (Phi) is 3.75. The second-order valence-electron chi connectivity index (χ2n) is 4.86. The van der Waals surface area contributed by atoms with Crippen LogP contribution in [0.25, 0.3) is 11.2 Å². The van der Waals surface area contributed by atoms with Crippen molar-refractivity contribution in [1.29, 1.82) is 0 Å². The molecule has 1 fully saturated rings. The quantitative estimate of drug-likeness (QED) is 0.536. The molecule has 3 rings (SSSR count). The summed E-state index contributed by atoms with van der Waals surface area (Å²) < 4.78 is 22.9. The predicted octanol–water partition coefficient (Wildman–Crippen LogP) is -2.01. The van der Waals surface area contributed by atoms with Gasteiger partial charge in [-0.05, 0) is 0 Å². The maximum absolute atomic E-state index is 11.7. The Labute approximate surface area is 123 Å². The van der Waals surface area contributed by atoms with Crippen LogP contribution in [0, 0.1) is 0 Å². The standard InChI is InChI=1S/C10H14N5O6P/c11-10-13-8-7(9(16)14-10)12-4-15(8)1-5-2-20-6(21-5)3-22(17,18)19/h4-6H,1-3H2,(H2,17,18,19)(H3,11,13,14,16)/p-1/t5-,6-/m1/s1. The zero-order chi connectivity index (χ0) is 15.9. The van der Waals surface area contributed by atoms with Gasteiger partial charge in [0.25, 0.3) is 5.56 Å². The van der Waals surface area contributed by atoms with Crippen molar-refractivity contribution in [3.05, 3.63) is 16.7 Å². The van der Waals surface area contributed by atoms with Crippen molar-refractivity contribution in [3.63, 3.8) is 0 Å². The van der Waals surface area contributed by atoms with E-state index in [2.05, 4.69) is 15.0 Å². The lowest BCUT2D eigenvalue weighted by atomic mass is 10.4. The van der Waals surface area contributed by atoms with E-state index in [1.807, 2.05) is 0 Å². The molecule has 1 unspecified atom stereocenters. The minimum atomic E-state index is -4.46. The molecular formula is C10H13N5O6P-. The number of fused-ring (bicyclic) bond motifs is 1. The molecule has 0 aliphatic carbocycles. The van der Waals surface area contributed by atoms with Crippen molar-refractivity contribution >= 4 is 24.7 Å². The van der Waals surface area contributed by atoms with Crippen LogP contribution >= 0.6 is 7.60 Å². The Morgan fingerprint density at radius 2 is 2.41 bits per heavy atom. The highest BCUT2D eigenvalue weighted by atomic mass is 31.2. The smallest absolute Gasteiger partial charge is 0.280 e. The molecule has 0 amide bonds. The number of nitrogens with one attached hydrogen (secondary N) is 1. The van der Waals surface area contributed by atoms with Crippen molar-refractivity contribution in [3.8, 4) is 0 Å². The van der Waals surface area contributed by atoms with Crippen LogP contribution in [0.1, 0.15) is 0 Å². The highest BCUT2D eigenvalue weighted by Gasteiger charge is 2.29. The van der Waals surface area contributed by atoms with E-state index >= 15 is 0 Å². The largest absolute Gasteiger partial charge is 0.778 e. The first-order chi connectivity index (χ1) is 10.3. The van der Waals surface area contributed by atoms with Gasteiger partial charge in [-0.1, -0.05) is 0 Å². The molecule has 2 aromatic heterocycles. The van der Waals surface area contributed by atoms with E-state index in [-0.39, 0.29) is 24.6 Å². The second kappa shape index (κ2) is 5.45. The van der Waals surface area contributed by atoms with Crippen molar-refractivity contribution in [2.75, 3.05) is 18.5 Å². The normalized spacial score (nSPS) is 24.6. The summed E-state index contributed by atoms with van der Waals surface area (Å²) in [5, 5.41) is 0. The second-order valence-corrected chi connectivity index (χ2v) is 6.50. The third-order valence-electron chi connectivity index (χ3n) is 3.09. The molecule has 12 heteroatoms. The number of ether oxygens (including phenoxy) is 2. The van der Waals surface area contributed by atoms with Crippen molar-refractivity contribution in [1.82, 2.24) is 19.5 Å². The van der Waals surface area contributed by atoms with Crippen LogP contribution in [-0.2, 0) is 20.6 Å². The number of hydrogen-bond acceptors (Lipinski definition) is 8. The topological polar surface area (TPSA) is 168 Å². The SMILES string of the molecule is Nc1nc2c(ncn2C[C@@H]2CO[C@@H](CP(=O)([O-])O)O2)c(=O)[nH]1. The van der Waals surface area contributed by atoms with Crippen molar-refractivity contribution < 1.29 is 23.8 Å². The van der Waals surface area contributed by atoms with Crippen LogP contribution in [0.2, 0.25) is 0 Å². The summed E-state index contributed by atoms with van der Waals surface area (Å²) in [5.74, 6) is -0.0340. The fourth-order valence-electron chi connectivity index (χ4n) is 2.21. The summed E-state index contributed by atoms with van der Waals surface area (Å²) in [7, 11) is -4.46. The van der Waals surface area contributed by atoms with Gasteiger partial charge >= 0.3 is 0 Å². The van der Waals surface area contributed by atoms with E-state index in [9.17, 15) is 14.3 Å². The number of nitrogens with zero attached hydrogens (tertiary/aromatic N) is 3. The maximum atomic E-state index is 11.7. The molecule has 1 saturated heterocycles. The van der Waals surface area contributed by atoms with Crippen molar-refractivity contribution in [2.45, 2.75) is 18.9 Å². The summed E-state index contributed by atoms with van der Waals surface area (Å²) >= 11 is 0. The number of aromatic nitrogens is 4. The van der Waals surface area contributed by atoms with Crippen LogP contribution in [0.4, 0.5) is 5.95 Å². The number of rotatable bonds is 4. The van der Waals surface area contributed by atoms with Crippen LogP contribution in [0.15, 0.2) is 11.1 Å². The predicted molar refractivity (Wildman–Crippen MR) is 71.9 cm³/mol. The summed E-state index contributed by atoms with van der Waals surface area (Å²) in [6.07, 6.45) is -0.683. The van der Waals surface area contributed by atoms with Gasteiger partial charge in [0.2, 0.25) is 5.95 Å². The Hall–Kier alpha value is -1.78. The minimum absolute atomic E-state index is 0.0340. The molecule has 3 atom stereocenters. The van der Waals surface area contributed by atoms with Crippen molar-refractivity contribution in [2.24, 2.45) is 0 Å². The van der Waals surface area contributed by atoms with Crippen LogP contribution < -0.4 is 16.2 Å². The van der Waals surface area contributed by atoms with E-state index in [0.717, 1.165) is 0 Å². The first-order valence-corrected chi connectivity index (χ1v) is 8.08. The molecule has 0 bridgehead atoms. The van der Waals surface area contributed by atoms with Gasteiger partial charge in [-0.3, -0.25) is 9.78 Å². The van der Waals surface area contributed by atoms with E-state index < -0.39 is 31.7 Å². The van der Waals surface area contributed by atoms with Gasteiger partial charge < -0.3 is 34.1 Å². The molecule has 0 saturated carbocycles. The average molecular weight is 330 g/mol. The van der Waals surface area contributed by atoms with Gasteiger partial charge in [0.1, 0.15) is 13.7 Å². The molecule has 1 aliphatic heterocycles. The highest BCUT2D eigenvalue weighted by molar-refractivity contribution is 7.50. The maximum Gasteiger partial charge on any atom is 0.280 e. The summed E-state index contributed by atoms with van der Waals surface area (Å²) in [6.45, 7) is 0.389. The van der Waals surface area contributed by atoms with Gasteiger partial charge in [-0.15, -0.1) is 0 Å². The molecule has 3 heterocycles. The third kappa shape index (κ3) is 3.18. The van der Waals surface area contributed by atoms with E-state index in [4.69, 9.17) is 20.1 Å². The van der Waals surface area contributed by atoms with Crippen LogP contribution in [0.3, 0.4) is 0 Å². The molecule has 0 spiro atoms. The molecular weight excluding hydrogens is 317 g/mol. The molecule has 22 heavy (non-hydrogen) atoms. The van der Waals surface area contributed by atoms with Gasteiger partial charge in [0.05, 0.1) is 25.6 Å². The van der Waals surface area contributed by atoms with Crippen LogP contribution in [0.5, 0.6) is 0 Å². The molecule has 4 N–H and O–H groups in total. The fraction of sp³-hybridized carbons (Fsp3) is 0.500. The number of imidazole rings is 1. The van der Waals surface area contributed by atoms with E-state index in [1.165, 1.54) is 6.33 Å². The summed E-state index contributed by atoms with van der Waals surface area (Å²) in [5.41, 5.74) is 5.49. The number of nitrogen functional groups attached to an aromatic ring is 1. The molecule has 0 aromatic carbocycles. The lowest BCUT2D eigenvalue weighted by Crippen LogP contribution is -2.22. The molecule has 120 valence electrons. The number of anilines is 1. The van der Waals surface area contributed by atoms with Crippen LogP contribution in [-0.4, -0.2) is 49.6 Å². The number of hydrogen-bond donors (Lipinski definition) is 3. The Bertz CT molecular complexity index is 797. The minimum Gasteiger partial charge on any atom is -0.778 e. The number of nitrogens with two attached hydrogens (primary N) is 1. The summed E-state index contributed by atoms with van der Waals surface area (Å²) in [6, 6.07) is 0. The molecule has 1 aliphatic rings. The number of H-pyrrole nitrogens is 1. The number of aromatic amines is 1. The van der Waals surface area contributed by atoms with Gasteiger partial charge in [-0.25, -0.2) is 4.98 Å². The van der Waals surface area contributed by atoms with Gasteiger partial charge in [0, 0.05) is 0 Å². The molecule has 2 aromatic rings. The highest BCUT2D eigenvalue weighted by Crippen LogP contribution is 2.32. The van der Waals surface area contributed by atoms with Gasteiger partial charge in [0.15, 0.2) is 17.5 Å². The molecule has 0 radical (unpaired) electrons. The lowest BCUT2D eigenvalue weighted by Gasteiger charge is -2.19. The summed E-state index contributed by atoms with van der Waals surface area (Å²) in [4.78, 5) is 41.5. The zero-order valence-electron chi connectivity index (χ0n) is 11.2. The Balaban J connectivity index is 1.75. The first-order valence-electron chi connectivity index (χ1n) is 6.32. The lowest BCUT2D eigenvalue weighted by molar-refractivity contribution is -0.197. The Morgan fingerprint density at radius 1 is 1.64 bits per heavy atom. The third-order valence-corrected chi connectivity index (χ3v) is 3.85. The first kappa shape index (κ1) is 15.1. The zero-order valence-corrected chi connectivity index (χ0v) is 12.1. The molecule has 11 nitrogen and oxygen atoms in total. The van der Waals surface area contributed by atoms with E-state index in [0.29, 0.717) is 5.65 Å². The monoisotopic (exact) mass is 330 g/mol. The Morgan fingerprint density at radius 3 is 3.14 bits per heavy atom. The van der Waals surface area contributed by atoms with Gasteiger partial charge in [-0.2, -0.15) is 4.98 Å². The van der Waals surface area contributed by atoms with E-state index in [1.54, 1.807) is 4.57 Å².